The molecule has 0 aromatic heterocycles. The van der Waals surface area contributed by atoms with Gasteiger partial charge in [0.25, 0.3) is 0 Å². The summed E-state index contributed by atoms with van der Waals surface area (Å²) >= 11 is 6.19. The standard InChI is InChI=1S/C15H14ClN3O/c16-12-6-3-7-13(14(12)15(17)18-20)19-8-10-4-1-2-5-11(10)9-19/h1-7,20H,8-9H2,(H2,17,18). The summed E-state index contributed by atoms with van der Waals surface area (Å²) in [5.41, 5.74) is 9.79. The van der Waals surface area contributed by atoms with Gasteiger partial charge in [-0.1, -0.05) is 47.1 Å². The molecule has 4 nitrogen and oxygen atoms in total. The highest BCUT2D eigenvalue weighted by Crippen LogP contribution is 2.33. The summed E-state index contributed by atoms with van der Waals surface area (Å²) in [5, 5.41) is 12.5. The zero-order valence-corrected chi connectivity index (χ0v) is 11.5. The fourth-order valence-corrected chi connectivity index (χ4v) is 2.85. The van der Waals surface area contributed by atoms with Crippen LogP contribution in [0.25, 0.3) is 0 Å². The van der Waals surface area contributed by atoms with Crippen molar-refractivity contribution < 1.29 is 5.21 Å². The van der Waals surface area contributed by atoms with E-state index >= 15 is 0 Å². The first-order valence-electron chi connectivity index (χ1n) is 6.29. The van der Waals surface area contributed by atoms with Gasteiger partial charge in [-0.3, -0.25) is 0 Å². The van der Waals surface area contributed by atoms with Gasteiger partial charge >= 0.3 is 0 Å². The predicted octanol–water partition coefficient (Wildman–Crippen LogP) is 2.95. The van der Waals surface area contributed by atoms with E-state index in [0.29, 0.717) is 10.6 Å². The van der Waals surface area contributed by atoms with Gasteiger partial charge in [-0.15, -0.1) is 0 Å². The smallest absolute Gasteiger partial charge is 0.173 e. The monoisotopic (exact) mass is 287 g/mol. The van der Waals surface area contributed by atoms with E-state index < -0.39 is 0 Å². The molecule has 3 rings (SSSR count). The summed E-state index contributed by atoms with van der Waals surface area (Å²) in [5.74, 6) is 0.0292. The molecule has 1 aliphatic rings. The van der Waals surface area contributed by atoms with Crippen LogP contribution < -0.4 is 10.6 Å². The number of hydrogen-bond donors (Lipinski definition) is 2. The molecule has 0 fully saturated rings. The highest BCUT2D eigenvalue weighted by molar-refractivity contribution is 6.34. The van der Waals surface area contributed by atoms with Crippen molar-refractivity contribution >= 4 is 23.1 Å². The number of anilines is 1. The quantitative estimate of drug-likeness (QED) is 0.386. The van der Waals surface area contributed by atoms with E-state index in [-0.39, 0.29) is 5.84 Å². The maximum atomic E-state index is 8.94. The van der Waals surface area contributed by atoms with Crippen molar-refractivity contribution in [3.05, 3.63) is 64.2 Å². The van der Waals surface area contributed by atoms with Crippen molar-refractivity contribution in [2.24, 2.45) is 10.9 Å². The molecule has 0 spiro atoms. The van der Waals surface area contributed by atoms with E-state index in [0.717, 1.165) is 18.8 Å². The summed E-state index contributed by atoms with van der Waals surface area (Å²) in [4.78, 5) is 2.17. The van der Waals surface area contributed by atoms with Gasteiger partial charge in [0, 0.05) is 18.8 Å². The maximum Gasteiger partial charge on any atom is 0.173 e. The first-order chi connectivity index (χ1) is 9.70. The number of halogens is 1. The minimum atomic E-state index is 0.0292. The van der Waals surface area contributed by atoms with Crippen LogP contribution in [0.5, 0.6) is 0 Å². The molecule has 20 heavy (non-hydrogen) atoms. The van der Waals surface area contributed by atoms with E-state index in [2.05, 4.69) is 22.2 Å². The van der Waals surface area contributed by atoms with Crippen molar-refractivity contribution in [2.45, 2.75) is 13.1 Å². The number of amidine groups is 1. The number of hydrogen-bond acceptors (Lipinski definition) is 3. The van der Waals surface area contributed by atoms with Gasteiger partial charge in [0.15, 0.2) is 5.84 Å². The van der Waals surface area contributed by atoms with Crippen LogP contribution in [0.4, 0.5) is 5.69 Å². The first-order valence-corrected chi connectivity index (χ1v) is 6.66. The molecule has 0 saturated heterocycles. The molecule has 5 heteroatoms. The van der Waals surface area contributed by atoms with Crippen molar-refractivity contribution in [3.63, 3.8) is 0 Å². The number of rotatable bonds is 2. The minimum absolute atomic E-state index is 0.0292. The molecule has 0 radical (unpaired) electrons. The van der Waals surface area contributed by atoms with Crippen molar-refractivity contribution in [1.29, 1.82) is 0 Å². The van der Waals surface area contributed by atoms with Crippen LogP contribution in [0.2, 0.25) is 5.02 Å². The van der Waals surface area contributed by atoms with Crippen LogP contribution in [0.15, 0.2) is 47.6 Å². The fraction of sp³-hybridized carbons (Fsp3) is 0.133. The predicted molar refractivity (Wildman–Crippen MR) is 80.3 cm³/mol. The molecule has 0 aliphatic carbocycles. The Kier molecular flexibility index (Phi) is 3.24. The molecule has 0 amide bonds. The number of oxime groups is 1. The van der Waals surface area contributed by atoms with Gasteiger partial charge in [-0.2, -0.15) is 0 Å². The second-order valence-electron chi connectivity index (χ2n) is 4.74. The zero-order chi connectivity index (χ0) is 14.1. The molecular formula is C15H14ClN3O. The Bertz CT molecular complexity index is 660. The largest absolute Gasteiger partial charge is 0.409 e. The van der Waals surface area contributed by atoms with Crippen molar-refractivity contribution in [2.75, 3.05) is 4.90 Å². The first kappa shape index (κ1) is 12.8. The Hall–Kier alpha value is -2.20. The van der Waals surface area contributed by atoms with Crippen molar-refractivity contribution in [1.82, 2.24) is 0 Å². The van der Waals surface area contributed by atoms with Crippen LogP contribution in [-0.4, -0.2) is 11.0 Å². The van der Waals surface area contributed by atoms with E-state index in [4.69, 9.17) is 22.5 Å². The van der Waals surface area contributed by atoms with Crippen LogP contribution in [-0.2, 0) is 13.1 Å². The van der Waals surface area contributed by atoms with Gasteiger partial charge in [-0.05, 0) is 23.3 Å². The van der Waals surface area contributed by atoms with E-state index in [1.807, 2.05) is 24.3 Å². The van der Waals surface area contributed by atoms with E-state index in [1.165, 1.54) is 11.1 Å². The average molecular weight is 288 g/mol. The molecule has 0 bridgehead atoms. The van der Waals surface area contributed by atoms with E-state index in [1.54, 1.807) is 6.07 Å². The van der Waals surface area contributed by atoms with Gasteiger partial charge in [0.1, 0.15) is 0 Å². The Morgan fingerprint density at radius 2 is 1.75 bits per heavy atom. The molecular weight excluding hydrogens is 274 g/mol. The second-order valence-corrected chi connectivity index (χ2v) is 5.15. The van der Waals surface area contributed by atoms with Gasteiger partial charge in [0.05, 0.1) is 10.6 Å². The minimum Gasteiger partial charge on any atom is -0.409 e. The lowest BCUT2D eigenvalue weighted by Crippen LogP contribution is -2.22. The Morgan fingerprint density at radius 1 is 1.10 bits per heavy atom. The van der Waals surface area contributed by atoms with Gasteiger partial charge in [0.2, 0.25) is 0 Å². The fourth-order valence-electron chi connectivity index (χ4n) is 2.58. The highest BCUT2D eigenvalue weighted by Gasteiger charge is 2.23. The normalized spacial score (nSPS) is 14.4. The molecule has 1 heterocycles. The molecule has 1 aliphatic heterocycles. The maximum absolute atomic E-state index is 8.94. The second kappa shape index (κ2) is 5.06. The molecule has 0 saturated carbocycles. The third-order valence-electron chi connectivity index (χ3n) is 3.54. The van der Waals surface area contributed by atoms with Crippen LogP contribution in [0.1, 0.15) is 16.7 Å². The lowest BCUT2D eigenvalue weighted by molar-refractivity contribution is 0.318. The molecule has 102 valence electrons. The van der Waals surface area contributed by atoms with Crippen LogP contribution >= 0.6 is 11.6 Å². The molecule has 3 N–H and O–H groups in total. The number of benzene rings is 2. The van der Waals surface area contributed by atoms with Crippen molar-refractivity contribution in [3.8, 4) is 0 Å². The summed E-state index contributed by atoms with van der Waals surface area (Å²) in [6, 6.07) is 13.8. The zero-order valence-electron chi connectivity index (χ0n) is 10.8. The molecule has 0 unspecified atom stereocenters. The average Bonchev–Trinajstić information content (AvgIpc) is 2.90. The third-order valence-corrected chi connectivity index (χ3v) is 3.85. The summed E-state index contributed by atoms with van der Waals surface area (Å²) in [7, 11) is 0. The molecule has 0 atom stereocenters. The highest BCUT2D eigenvalue weighted by atomic mass is 35.5. The number of nitrogens with zero attached hydrogens (tertiary/aromatic N) is 2. The summed E-state index contributed by atoms with van der Waals surface area (Å²) < 4.78 is 0. The lowest BCUT2D eigenvalue weighted by Gasteiger charge is -2.21. The van der Waals surface area contributed by atoms with E-state index in [9.17, 15) is 0 Å². The topological polar surface area (TPSA) is 61.9 Å². The number of fused-ring (bicyclic) bond motifs is 1. The molecule has 2 aromatic carbocycles. The van der Waals surface area contributed by atoms with Crippen LogP contribution in [0.3, 0.4) is 0 Å². The van der Waals surface area contributed by atoms with Crippen LogP contribution in [0, 0.1) is 0 Å². The summed E-state index contributed by atoms with van der Waals surface area (Å²) in [6.45, 7) is 1.59. The summed E-state index contributed by atoms with van der Waals surface area (Å²) in [6.07, 6.45) is 0. The Balaban J connectivity index is 2.03. The lowest BCUT2D eigenvalue weighted by atomic mass is 10.1. The number of nitrogens with two attached hydrogens (primary N) is 1. The van der Waals surface area contributed by atoms with Gasteiger partial charge in [-0.25, -0.2) is 0 Å². The van der Waals surface area contributed by atoms with Gasteiger partial charge < -0.3 is 15.8 Å². The molecule has 2 aromatic rings. The third kappa shape index (κ3) is 2.08. The SMILES string of the molecule is NC(=NO)c1c(Cl)cccc1N1Cc2ccccc2C1. The Morgan fingerprint density at radius 3 is 2.35 bits per heavy atom. The Labute approximate surface area is 122 Å².